The number of Topliss-reactive ketones (excluding diaryl/α,β-unsaturated/α-hetero) is 1. The van der Waals surface area contributed by atoms with Crippen molar-refractivity contribution >= 4 is 23.2 Å². The van der Waals surface area contributed by atoms with E-state index >= 15 is 0 Å². The van der Waals surface area contributed by atoms with Crippen LogP contribution in [0.5, 0.6) is 0 Å². The van der Waals surface area contributed by atoms with E-state index in [1.54, 1.807) is 24.3 Å². The Labute approximate surface area is 157 Å². The summed E-state index contributed by atoms with van der Waals surface area (Å²) in [4.78, 5) is 32.2. The molecule has 3 rings (SSSR count). The molecule has 0 aliphatic rings. The number of ketones is 1. The van der Waals surface area contributed by atoms with E-state index in [4.69, 9.17) is 0 Å². The number of carbonyl (C=O) groups excluding carboxylic acids is 2. The molecule has 6 heteroatoms. The lowest BCUT2D eigenvalue weighted by atomic mass is 10.1. The van der Waals surface area contributed by atoms with Crippen LogP contribution in [0.4, 0.5) is 11.5 Å². The molecule has 6 nitrogen and oxygen atoms in total. The lowest BCUT2D eigenvalue weighted by Gasteiger charge is -2.14. The molecule has 2 N–H and O–H groups in total. The molecule has 1 aromatic heterocycles. The van der Waals surface area contributed by atoms with Gasteiger partial charge in [0, 0.05) is 17.3 Å². The van der Waals surface area contributed by atoms with Crippen LogP contribution in [0.1, 0.15) is 46.3 Å². The second-order valence-corrected chi connectivity index (χ2v) is 6.16. The monoisotopic (exact) mass is 360 g/mol. The van der Waals surface area contributed by atoms with Crippen molar-refractivity contribution in [2.75, 3.05) is 5.32 Å². The number of hydrogen-bond acceptors (Lipinski definition) is 5. The van der Waals surface area contributed by atoms with Crippen LogP contribution in [0.3, 0.4) is 0 Å². The number of nitrogens with one attached hydrogen (secondary N) is 2. The Balaban J connectivity index is 1.72. The Kier molecular flexibility index (Phi) is 5.56. The molecule has 0 fully saturated rings. The van der Waals surface area contributed by atoms with Gasteiger partial charge < -0.3 is 10.6 Å². The largest absolute Gasteiger partial charge is 0.344 e. The SMILES string of the molecule is CC(=O)c1cccc(Nc2cc(C(=O)NC(C)c3ccccc3)ncn2)c1. The zero-order valence-corrected chi connectivity index (χ0v) is 15.1. The van der Waals surface area contributed by atoms with Crippen molar-refractivity contribution in [3.63, 3.8) is 0 Å². The molecule has 0 aliphatic heterocycles. The van der Waals surface area contributed by atoms with Gasteiger partial charge in [0.1, 0.15) is 17.8 Å². The molecule has 0 saturated carbocycles. The maximum absolute atomic E-state index is 12.5. The fourth-order valence-corrected chi connectivity index (χ4v) is 2.61. The van der Waals surface area contributed by atoms with Crippen LogP contribution in [0.15, 0.2) is 67.0 Å². The number of anilines is 2. The minimum absolute atomic E-state index is 0.0173. The molecule has 0 radical (unpaired) electrons. The van der Waals surface area contributed by atoms with Crippen LogP contribution in [0, 0.1) is 0 Å². The minimum atomic E-state index is -0.283. The average Bonchev–Trinajstić information content (AvgIpc) is 2.69. The summed E-state index contributed by atoms with van der Waals surface area (Å²) in [5, 5.41) is 6.02. The maximum atomic E-state index is 12.5. The van der Waals surface area contributed by atoms with Crippen LogP contribution in [-0.4, -0.2) is 21.7 Å². The van der Waals surface area contributed by atoms with Gasteiger partial charge in [-0.05, 0) is 31.5 Å². The fraction of sp³-hybridized carbons (Fsp3) is 0.143. The lowest BCUT2D eigenvalue weighted by molar-refractivity contribution is 0.0934. The molecule has 0 spiro atoms. The standard InChI is InChI=1S/C21H20N4O2/c1-14(16-7-4-3-5-8-16)24-21(27)19-12-20(23-13-22-19)25-18-10-6-9-17(11-18)15(2)26/h3-14H,1-2H3,(H,24,27)(H,22,23,25). The Bertz CT molecular complexity index is 957. The molecule has 1 unspecified atom stereocenters. The summed E-state index contributed by atoms with van der Waals surface area (Å²) in [7, 11) is 0. The number of amides is 1. The highest BCUT2D eigenvalue weighted by molar-refractivity contribution is 5.95. The summed E-state index contributed by atoms with van der Waals surface area (Å²) in [6, 6.07) is 18.2. The van der Waals surface area contributed by atoms with Crippen LogP contribution in [0.25, 0.3) is 0 Å². The van der Waals surface area contributed by atoms with E-state index in [-0.39, 0.29) is 23.4 Å². The second-order valence-electron chi connectivity index (χ2n) is 6.16. The second kappa shape index (κ2) is 8.23. The van der Waals surface area contributed by atoms with E-state index in [1.807, 2.05) is 43.3 Å². The number of benzene rings is 2. The van der Waals surface area contributed by atoms with E-state index in [0.717, 1.165) is 5.56 Å². The van der Waals surface area contributed by atoms with Gasteiger partial charge in [-0.1, -0.05) is 42.5 Å². The summed E-state index contributed by atoms with van der Waals surface area (Å²) < 4.78 is 0. The summed E-state index contributed by atoms with van der Waals surface area (Å²) in [6.07, 6.45) is 1.33. The van der Waals surface area contributed by atoms with Gasteiger partial charge in [-0.25, -0.2) is 9.97 Å². The number of nitrogens with zero attached hydrogens (tertiary/aromatic N) is 2. The first-order valence-corrected chi connectivity index (χ1v) is 8.59. The van der Waals surface area contributed by atoms with Gasteiger partial charge in [-0.15, -0.1) is 0 Å². The number of hydrogen-bond donors (Lipinski definition) is 2. The molecule has 3 aromatic rings. The van der Waals surface area contributed by atoms with Crippen LogP contribution in [0.2, 0.25) is 0 Å². The van der Waals surface area contributed by atoms with E-state index in [2.05, 4.69) is 20.6 Å². The molecule has 1 amide bonds. The molecular formula is C21H20N4O2. The summed E-state index contributed by atoms with van der Waals surface area (Å²) >= 11 is 0. The van der Waals surface area contributed by atoms with E-state index in [9.17, 15) is 9.59 Å². The molecule has 136 valence electrons. The van der Waals surface area contributed by atoms with Gasteiger partial charge in [0.25, 0.3) is 5.91 Å². The first-order valence-electron chi connectivity index (χ1n) is 8.59. The first-order chi connectivity index (χ1) is 13.0. The van der Waals surface area contributed by atoms with Gasteiger partial charge in [0.05, 0.1) is 6.04 Å². The smallest absolute Gasteiger partial charge is 0.270 e. The molecular weight excluding hydrogens is 340 g/mol. The Morgan fingerprint density at radius 2 is 1.74 bits per heavy atom. The van der Waals surface area contributed by atoms with E-state index in [0.29, 0.717) is 17.1 Å². The summed E-state index contributed by atoms with van der Waals surface area (Å²) in [5.74, 6) is 0.175. The predicted octanol–water partition coefficient (Wildman–Crippen LogP) is 3.91. The third-order valence-corrected chi connectivity index (χ3v) is 4.09. The van der Waals surface area contributed by atoms with Gasteiger partial charge in [-0.3, -0.25) is 9.59 Å². The zero-order chi connectivity index (χ0) is 19.2. The highest BCUT2D eigenvalue weighted by atomic mass is 16.2. The third-order valence-electron chi connectivity index (χ3n) is 4.09. The topological polar surface area (TPSA) is 84.0 Å². The highest BCUT2D eigenvalue weighted by Crippen LogP contribution is 2.17. The van der Waals surface area contributed by atoms with Crippen molar-refractivity contribution in [1.29, 1.82) is 0 Å². The molecule has 2 aromatic carbocycles. The highest BCUT2D eigenvalue weighted by Gasteiger charge is 2.13. The van der Waals surface area contributed by atoms with Crippen molar-refractivity contribution in [2.24, 2.45) is 0 Å². The maximum Gasteiger partial charge on any atom is 0.270 e. The quantitative estimate of drug-likeness (QED) is 0.651. The van der Waals surface area contributed by atoms with Crippen LogP contribution >= 0.6 is 0 Å². The Morgan fingerprint density at radius 3 is 2.48 bits per heavy atom. The first kappa shape index (κ1) is 18.3. The molecule has 0 saturated heterocycles. The van der Waals surface area contributed by atoms with Crippen LogP contribution in [-0.2, 0) is 0 Å². The van der Waals surface area contributed by atoms with Gasteiger partial charge in [0.2, 0.25) is 0 Å². The summed E-state index contributed by atoms with van der Waals surface area (Å²) in [6.45, 7) is 3.43. The Hall–Kier alpha value is -3.54. The van der Waals surface area contributed by atoms with Crippen molar-refractivity contribution in [2.45, 2.75) is 19.9 Å². The fourth-order valence-electron chi connectivity index (χ4n) is 2.61. The van der Waals surface area contributed by atoms with Gasteiger partial charge in [0.15, 0.2) is 5.78 Å². The minimum Gasteiger partial charge on any atom is -0.344 e. The van der Waals surface area contributed by atoms with E-state index in [1.165, 1.54) is 13.3 Å². The molecule has 27 heavy (non-hydrogen) atoms. The van der Waals surface area contributed by atoms with Gasteiger partial charge in [-0.2, -0.15) is 0 Å². The van der Waals surface area contributed by atoms with Crippen molar-refractivity contribution in [3.05, 3.63) is 83.8 Å². The normalized spacial score (nSPS) is 11.5. The van der Waals surface area contributed by atoms with Crippen molar-refractivity contribution < 1.29 is 9.59 Å². The van der Waals surface area contributed by atoms with Crippen molar-refractivity contribution in [3.8, 4) is 0 Å². The van der Waals surface area contributed by atoms with E-state index < -0.39 is 0 Å². The summed E-state index contributed by atoms with van der Waals surface area (Å²) in [5.41, 5.74) is 2.59. The molecule has 1 atom stereocenters. The third kappa shape index (κ3) is 4.76. The lowest BCUT2D eigenvalue weighted by Crippen LogP contribution is -2.27. The van der Waals surface area contributed by atoms with Crippen LogP contribution < -0.4 is 10.6 Å². The zero-order valence-electron chi connectivity index (χ0n) is 15.1. The number of aromatic nitrogens is 2. The van der Waals surface area contributed by atoms with Crippen molar-refractivity contribution in [1.82, 2.24) is 15.3 Å². The van der Waals surface area contributed by atoms with Gasteiger partial charge >= 0.3 is 0 Å². The Morgan fingerprint density at radius 1 is 0.963 bits per heavy atom. The number of carbonyl (C=O) groups is 2. The molecule has 0 aliphatic carbocycles. The molecule has 1 heterocycles. The number of rotatable bonds is 6. The molecule has 0 bridgehead atoms. The average molecular weight is 360 g/mol. The predicted molar refractivity (Wildman–Crippen MR) is 104 cm³/mol.